The summed E-state index contributed by atoms with van der Waals surface area (Å²) in [7, 11) is -3.96. The lowest BCUT2D eigenvalue weighted by Crippen LogP contribution is -2.52. The van der Waals surface area contributed by atoms with E-state index in [4.69, 9.17) is 5.73 Å². The quantitative estimate of drug-likeness (QED) is 0.646. The molecule has 20 heavy (non-hydrogen) atoms. The van der Waals surface area contributed by atoms with Gasteiger partial charge in [0.15, 0.2) is 4.90 Å². The van der Waals surface area contributed by atoms with E-state index < -0.39 is 26.2 Å². The third kappa shape index (κ3) is 2.56. The van der Waals surface area contributed by atoms with Crippen molar-refractivity contribution in [3.8, 4) is 0 Å². The average Bonchev–Trinajstić information content (AvgIpc) is 2.37. The minimum atomic E-state index is -3.96. The van der Waals surface area contributed by atoms with E-state index in [1.54, 1.807) is 0 Å². The summed E-state index contributed by atoms with van der Waals surface area (Å²) in [5.74, 6) is 0.130. The van der Waals surface area contributed by atoms with Crippen molar-refractivity contribution in [3.63, 3.8) is 0 Å². The lowest BCUT2D eigenvalue weighted by atomic mass is 9.93. The van der Waals surface area contributed by atoms with Crippen molar-refractivity contribution in [1.29, 1.82) is 0 Å². The van der Waals surface area contributed by atoms with Crippen LogP contribution in [0.4, 0.5) is 0 Å². The van der Waals surface area contributed by atoms with E-state index in [1.165, 1.54) is 4.31 Å². The third-order valence-electron chi connectivity index (χ3n) is 3.68. The smallest absolute Gasteiger partial charge is 0.325 e. The lowest BCUT2D eigenvalue weighted by Gasteiger charge is -2.38. The molecule has 0 aliphatic carbocycles. The number of nitrogens with zero attached hydrogens (tertiary/aromatic N) is 1. The summed E-state index contributed by atoms with van der Waals surface area (Å²) >= 11 is 0. The monoisotopic (exact) mass is 302 g/mol. The van der Waals surface area contributed by atoms with Crippen molar-refractivity contribution in [3.05, 3.63) is 27.0 Å². The number of H-pyrrole nitrogens is 2. The number of piperidine rings is 1. The van der Waals surface area contributed by atoms with Gasteiger partial charge < -0.3 is 10.7 Å². The molecule has 8 nitrogen and oxygen atoms in total. The van der Waals surface area contributed by atoms with E-state index in [9.17, 15) is 18.0 Å². The van der Waals surface area contributed by atoms with Gasteiger partial charge in [0.25, 0.3) is 5.56 Å². The number of sulfonamides is 1. The zero-order valence-corrected chi connectivity index (χ0v) is 11.9. The zero-order chi connectivity index (χ0) is 14.9. The maximum Gasteiger partial charge on any atom is 0.325 e. The summed E-state index contributed by atoms with van der Waals surface area (Å²) in [5.41, 5.74) is 4.02. The van der Waals surface area contributed by atoms with Crippen LogP contribution in [0.15, 0.2) is 20.7 Å². The molecule has 4 N–H and O–H groups in total. The number of rotatable bonds is 3. The van der Waals surface area contributed by atoms with Crippen molar-refractivity contribution in [2.24, 2.45) is 11.7 Å². The molecule has 1 aliphatic rings. The molecule has 0 saturated carbocycles. The summed E-state index contributed by atoms with van der Waals surface area (Å²) in [4.78, 5) is 26.3. The summed E-state index contributed by atoms with van der Waals surface area (Å²) in [6.07, 6.45) is 2.55. The van der Waals surface area contributed by atoms with Crippen molar-refractivity contribution >= 4 is 10.0 Å². The van der Waals surface area contributed by atoms with Crippen LogP contribution < -0.4 is 17.0 Å². The topological polar surface area (TPSA) is 129 Å². The van der Waals surface area contributed by atoms with Gasteiger partial charge >= 0.3 is 5.69 Å². The van der Waals surface area contributed by atoms with Crippen molar-refractivity contribution in [1.82, 2.24) is 14.3 Å². The van der Waals surface area contributed by atoms with Crippen molar-refractivity contribution in [2.45, 2.75) is 30.7 Å². The van der Waals surface area contributed by atoms with Gasteiger partial charge in [-0.25, -0.2) is 13.2 Å². The van der Waals surface area contributed by atoms with E-state index in [1.807, 2.05) is 11.9 Å². The fourth-order valence-electron chi connectivity index (χ4n) is 2.57. The van der Waals surface area contributed by atoms with Gasteiger partial charge in [-0.3, -0.25) is 9.78 Å². The second kappa shape index (κ2) is 5.51. The van der Waals surface area contributed by atoms with Gasteiger partial charge in [0.2, 0.25) is 10.0 Å². The lowest BCUT2D eigenvalue weighted by molar-refractivity contribution is 0.192. The highest BCUT2D eigenvalue weighted by Crippen LogP contribution is 2.27. The van der Waals surface area contributed by atoms with Crippen LogP contribution in [-0.2, 0) is 10.0 Å². The molecule has 112 valence electrons. The second-order valence-corrected chi connectivity index (χ2v) is 6.83. The first kappa shape index (κ1) is 14.9. The van der Waals surface area contributed by atoms with Gasteiger partial charge in [-0.15, -0.1) is 0 Å². The predicted octanol–water partition coefficient (Wildman–Crippen LogP) is -1.19. The van der Waals surface area contributed by atoms with Crippen LogP contribution in [0, 0.1) is 5.92 Å². The molecule has 1 fully saturated rings. The fraction of sp³-hybridized carbons (Fsp3) is 0.636. The van der Waals surface area contributed by atoms with Crippen molar-refractivity contribution in [2.75, 3.05) is 13.1 Å². The standard InChI is InChI=1S/C11H18N4O4S/c1-7-3-2-4-15(8(7)5-12)20(18,19)9-6-13-11(17)14-10(9)16/h6-8H,2-5,12H2,1H3,(H2,13,14,16,17). The van der Waals surface area contributed by atoms with Gasteiger partial charge in [-0.2, -0.15) is 4.31 Å². The van der Waals surface area contributed by atoms with E-state index in [0.717, 1.165) is 19.0 Å². The van der Waals surface area contributed by atoms with Crippen LogP contribution in [0.2, 0.25) is 0 Å². The Kier molecular flexibility index (Phi) is 4.11. The molecule has 0 aromatic carbocycles. The molecular formula is C11H18N4O4S. The van der Waals surface area contributed by atoms with E-state index in [2.05, 4.69) is 4.98 Å². The second-order valence-electron chi connectivity index (χ2n) is 4.97. The van der Waals surface area contributed by atoms with Crippen LogP contribution >= 0.6 is 0 Å². The van der Waals surface area contributed by atoms with E-state index >= 15 is 0 Å². The Bertz CT molecular complexity index is 693. The molecule has 2 unspecified atom stereocenters. The maximum absolute atomic E-state index is 12.6. The van der Waals surface area contributed by atoms with Gasteiger partial charge in [-0.1, -0.05) is 6.92 Å². The minimum absolute atomic E-state index is 0.130. The summed E-state index contributed by atoms with van der Waals surface area (Å²) < 4.78 is 26.4. The molecule has 0 spiro atoms. The first-order valence-electron chi connectivity index (χ1n) is 6.42. The molecule has 1 aromatic rings. The molecule has 9 heteroatoms. The Hall–Kier alpha value is -1.45. The molecule has 1 saturated heterocycles. The van der Waals surface area contributed by atoms with Crippen LogP contribution in [-0.4, -0.2) is 41.8 Å². The maximum atomic E-state index is 12.6. The predicted molar refractivity (Wildman–Crippen MR) is 72.8 cm³/mol. The number of hydrogen-bond donors (Lipinski definition) is 3. The molecule has 2 atom stereocenters. The Morgan fingerprint density at radius 2 is 2.15 bits per heavy atom. The Morgan fingerprint density at radius 1 is 1.45 bits per heavy atom. The number of aromatic nitrogens is 2. The SMILES string of the molecule is CC1CCCN(S(=O)(=O)c2c[nH]c(=O)[nH]c2=O)C1CN. The molecule has 2 heterocycles. The van der Waals surface area contributed by atoms with Crippen LogP contribution in [0.5, 0.6) is 0 Å². The number of nitrogens with two attached hydrogens (primary N) is 1. The van der Waals surface area contributed by atoms with Gasteiger partial charge in [0, 0.05) is 25.3 Å². The Balaban J connectivity index is 2.48. The van der Waals surface area contributed by atoms with Gasteiger partial charge in [-0.05, 0) is 18.8 Å². The van der Waals surface area contributed by atoms with Crippen LogP contribution in [0.1, 0.15) is 19.8 Å². The zero-order valence-electron chi connectivity index (χ0n) is 11.1. The van der Waals surface area contributed by atoms with E-state index in [-0.39, 0.29) is 18.5 Å². The molecule has 0 bridgehead atoms. The highest BCUT2D eigenvalue weighted by atomic mass is 32.2. The molecule has 0 radical (unpaired) electrons. The average molecular weight is 302 g/mol. The fourth-order valence-corrected chi connectivity index (χ4v) is 4.34. The highest BCUT2D eigenvalue weighted by molar-refractivity contribution is 7.89. The van der Waals surface area contributed by atoms with Gasteiger partial charge in [0.05, 0.1) is 0 Å². The minimum Gasteiger partial charge on any atom is -0.329 e. The van der Waals surface area contributed by atoms with Crippen LogP contribution in [0.25, 0.3) is 0 Å². The highest BCUT2D eigenvalue weighted by Gasteiger charge is 2.37. The number of hydrogen-bond acceptors (Lipinski definition) is 5. The van der Waals surface area contributed by atoms with Crippen LogP contribution in [0.3, 0.4) is 0 Å². The van der Waals surface area contributed by atoms with Crippen molar-refractivity contribution < 1.29 is 8.42 Å². The summed E-state index contributed by atoms with van der Waals surface area (Å²) in [6.45, 7) is 2.46. The summed E-state index contributed by atoms with van der Waals surface area (Å²) in [5, 5.41) is 0. The molecule has 1 aliphatic heterocycles. The Labute approximate surface area is 116 Å². The molecular weight excluding hydrogens is 284 g/mol. The molecule has 0 amide bonds. The normalized spacial score (nSPS) is 24.7. The molecule has 1 aromatic heterocycles. The summed E-state index contributed by atoms with van der Waals surface area (Å²) in [6, 6.07) is -0.333. The molecule has 2 rings (SSSR count). The first-order chi connectivity index (χ1) is 9.37. The van der Waals surface area contributed by atoms with Gasteiger partial charge in [0.1, 0.15) is 0 Å². The number of aromatic amines is 2. The third-order valence-corrected chi connectivity index (χ3v) is 5.61. The first-order valence-corrected chi connectivity index (χ1v) is 7.86. The number of nitrogens with one attached hydrogen (secondary N) is 2. The Morgan fingerprint density at radius 3 is 2.75 bits per heavy atom. The largest absolute Gasteiger partial charge is 0.329 e. The van der Waals surface area contributed by atoms with E-state index in [0.29, 0.717) is 6.54 Å².